The van der Waals surface area contributed by atoms with Crippen molar-refractivity contribution in [3.63, 3.8) is 0 Å². The van der Waals surface area contributed by atoms with Crippen molar-refractivity contribution in [3.8, 4) is 6.07 Å². The molecular weight excluding hydrogens is 198 g/mol. The highest BCUT2D eigenvalue weighted by Crippen LogP contribution is 2.14. The predicted molar refractivity (Wildman–Crippen MR) is 66.7 cm³/mol. The van der Waals surface area contributed by atoms with Crippen LogP contribution in [0.25, 0.3) is 0 Å². The number of aldehydes is 1. The molecule has 0 bridgehead atoms. The minimum absolute atomic E-state index is 0.163. The largest absolute Gasteiger partial charge is 0.303 e. The van der Waals surface area contributed by atoms with Crippen molar-refractivity contribution >= 4 is 6.29 Å². The van der Waals surface area contributed by atoms with Crippen LogP contribution in [0.1, 0.15) is 32.6 Å². The Morgan fingerprint density at radius 3 is 2.75 bits per heavy atom. The first-order chi connectivity index (χ1) is 7.63. The van der Waals surface area contributed by atoms with Crippen LogP contribution >= 0.6 is 0 Å². The van der Waals surface area contributed by atoms with E-state index >= 15 is 0 Å². The van der Waals surface area contributed by atoms with Gasteiger partial charge in [0.05, 0.1) is 6.07 Å². The van der Waals surface area contributed by atoms with E-state index in [4.69, 9.17) is 5.26 Å². The third-order valence-electron chi connectivity index (χ3n) is 2.38. The van der Waals surface area contributed by atoms with Crippen molar-refractivity contribution in [2.45, 2.75) is 32.6 Å². The van der Waals surface area contributed by atoms with E-state index in [0.29, 0.717) is 12.8 Å². The fourth-order valence-corrected chi connectivity index (χ4v) is 1.39. The van der Waals surface area contributed by atoms with Crippen molar-refractivity contribution in [1.82, 2.24) is 0 Å². The molecule has 0 fully saturated rings. The summed E-state index contributed by atoms with van der Waals surface area (Å²) in [5.74, 6) is -0.163. The number of hydrogen-bond donors (Lipinski definition) is 0. The Balaban J connectivity index is 4.03. The molecule has 0 rings (SSSR count). The molecule has 2 nitrogen and oxygen atoms in total. The summed E-state index contributed by atoms with van der Waals surface area (Å²) in [6.45, 7) is 9.46. The average Bonchev–Trinajstić information content (AvgIpc) is 2.28. The van der Waals surface area contributed by atoms with Crippen LogP contribution in [-0.4, -0.2) is 6.29 Å². The van der Waals surface area contributed by atoms with E-state index < -0.39 is 0 Å². The zero-order valence-corrected chi connectivity index (χ0v) is 9.91. The monoisotopic (exact) mass is 217 g/mol. The normalized spacial score (nSPS) is 12.6. The zero-order valence-electron chi connectivity index (χ0n) is 9.91. The lowest BCUT2D eigenvalue weighted by Crippen LogP contribution is -2.01. The van der Waals surface area contributed by atoms with Crippen molar-refractivity contribution in [2.75, 3.05) is 0 Å². The molecule has 0 saturated carbocycles. The zero-order chi connectivity index (χ0) is 12.4. The molecule has 0 aromatic heterocycles. The molecule has 1 atom stereocenters. The molecule has 0 N–H and O–H groups in total. The minimum atomic E-state index is -0.163. The van der Waals surface area contributed by atoms with Gasteiger partial charge in [-0.2, -0.15) is 5.26 Å². The van der Waals surface area contributed by atoms with Gasteiger partial charge in [-0.25, -0.2) is 0 Å². The molecule has 0 aliphatic carbocycles. The van der Waals surface area contributed by atoms with E-state index in [2.05, 4.69) is 19.2 Å². The van der Waals surface area contributed by atoms with Crippen LogP contribution in [0.2, 0.25) is 0 Å². The van der Waals surface area contributed by atoms with Crippen LogP contribution < -0.4 is 0 Å². The van der Waals surface area contributed by atoms with Gasteiger partial charge in [0.2, 0.25) is 0 Å². The van der Waals surface area contributed by atoms with Gasteiger partial charge in [0.15, 0.2) is 0 Å². The topological polar surface area (TPSA) is 40.9 Å². The Kier molecular flexibility index (Phi) is 7.79. The SMILES string of the molecule is C=CC(=C)CC/C=C(\C)CC(C=O)CC#N. The number of nitriles is 1. The lowest BCUT2D eigenvalue weighted by atomic mass is 9.98. The van der Waals surface area contributed by atoms with Crippen LogP contribution in [0.3, 0.4) is 0 Å². The number of allylic oxidation sites excluding steroid dienone is 4. The lowest BCUT2D eigenvalue weighted by molar-refractivity contribution is -0.110. The first kappa shape index (κ1) is 14.4. The van der Waals surface area contributed by atoms with Crippen molar-refractivity contribution in [3.05, 3.63) is 36.5 Å². The van der Waals surface area contributed by atoms with E-state index in [1.807, 2.05) is 13.0 Å². The lowest BCUT2D eigenvalue weighted by Gasteiger charge is -2.06. The number of carbonyl (C=O) groups is 1. The van der Waals surface area contributed by atoms with Gasteiger partial charge in [-0.15, -0.1) is 0 Å². The van der Waals surface area contributed by atoms with Gasteiger partial charge < -0.3 is 4.79 Å². The molecular formula is C14H19NO. The highest BCUT2D eigenvalue weighted by Gasteiger charge is 2.06. The highest BCUT2D eigenvalue weighted by molar-refractivity contribution is 5.54. The standard InChI is InChI=1S/C14H19NO/c1-4-12(2)6-5-7-13(3)10-14(11-16)8-9-15/h4,7,11,14H,1-2,5-6,8,10H2,3H3/b13-7+. The summed E-state index contributed by atoms with van der Waals surface area (Å²) in [5.41, 5.74) is 2.18. The van der Waals surface area contributed by atoms with Crippen molar-refractivity contribution < 1.29 is 4.79 Å². The Hall–Kier alpha value is -1.62. The summed E-state index contributed by atoms with van der Waals surface area (Å²) in [6.07, 6.45) is 7.50. The quantitative estimate of drug-likeness (QED) is 0.354. The maximum Gasteiger partial charge on any atom is 0.124 e. The number of rotatable bonds is 8. The Morgan fingerprint density at radius 2 is 2.25 bits per heavy atom. The van der Waals surface area contributed by atoms with Crippen molar-refractivity contribution in [2.24, 2.45) is 5.92 Å². The second kappa shape index (κ2) is 8.67. The fraction of sp³-hybridized carbons (Fsp3) is 0.429. The molecule has 0 aliphatic heterocycles. The Bertz CT molecular complexity index is 320. The van der Waals surface area contributed by atoms with Gasteiger partial charge in [-0.05, 0) is 26.2 Å². The summed E-state index contributed by atoms with van der Waals surface area (Å²) in [5, 5.41) is 8.51. The fourth-order valence-electron chi connectivity index (χ4n) is 1.39. The van der Waals surface area contributed by atoms with E-state index in [9.17, 15) is 4.79 Å². The summed E-state index contributed by atoms with van der Waals surface area (Å²) >= 11 is 0. The molecule has 0 heterocycles. The predicted octanol–water partition coefficient (Wildman–Crippen LogP) is 3.57. The molecule has 0 aromatic rings. The van der Waals surface area contributed by atoms with Gasteiger partial charge in [0.1, 0.15) is 6.29 Å². The summed E-state index contributed by atoms with van der Waals surface area (Å²) < 4.78 is 0. The second-order valence-corrected chi connectivity index (χ2v) is 3.91. The molecule has 0 aliphatic rings. The van der Waals surface area contributed by atoms with Gasteiger partial charge in [-0.3, -0.25) is 0 Å². The molecule has 0 amide bonds. The Morgan fingerprint density at radius 1 is 1.56 bits per heavy atom. The molecule has 0 radical (unpaired) electrons. The van der Waals surface area contributed by atoms with Gasteiger partial charge >= 0.3 is 0 Å². The molecule has 86 valence electrons. The van der Waals surface area contributed by atoms with Crippen LogP contribution in [0.5, 0.6) is 0 Å². The molecule has 0 aromatic carbocycles. The molecule has 16 heavy (non-hydrogen) atoms. The van der Waals surface area contributed by atoms with Crippen molar-refractivity contribution in [1.29, 1.82) is 5.26 Å². The van der Waals surface area contributed by atoms with Crippen LogP contribution in [0, 0.1) is 17.2 Å². The third-order valence-corrected chi connectivity index (χ3v) is 2.38. The first-order valence-electron chi connectivity index (χ1n) is 5.42. The number of carbonyl (C=O) groups excluding carboxylic acids is 1. The van der Waals surface area contributed by atoms with Gasteiger partial charge in [0, 0.05) is 12.3 Å². The van der Waals surface area contributed by atoms with E-state index in [1.165, 1.54) is 0 Å². The summed E-state index contributed by atoms with van der Waals surface area (Å²) in [6, 6.07) is 2.02. The molecule has 2 heteroatoms. The minimum Gasteiger partial charge on any atom is -0.303 e. The Labute approximate surface area is 98.0 Å². The van der Waals surface area contributed by atoms with Crippen LogP contribution in [-0.2, 0) is 4.79 Å². The maximum atomic E-state index is 10.7. The number of nitrogens with zero attached hydrogens (tertiary/aromatic N) is 1. The van der Waals surface area contributed by atoms with E-state index in [1.54, 1.807) is 6.08 Å². The highest BCUT2D eigenvalue weighted by atomic mass is 16.1. The smallest absolute Gasteiger partial charge is 0.124 e. The summed E-state index contributed by atoms with van der Waals surface area (Å²) in [7, 11) is 0. The first-order valence-corrected chi connectivity index (χ1v) is 5.42. The second-order valence-electron chi connectivity index (χ2n) is 3.91. The molecule has 0 saturated heterocycles. The van der Waals surface area contributed by atoms with Gasteiger partial charge in [0.25, 0.3) is 0 Å². The van der Waals surface area contributed by atoms with E-state index in [0.717, 1.165) is 30.3 Å². The molecule has 0 spiro atoms. The third kappa shape index (κ3) is 6.78. The van der Waals surface area contributed by atoms with Crippen LogP contribution in [0.4, 0.5) is 0 Å². The van der Waals surface area contributed by atoms with Crippen LogP contribution in [0.15, 0.2) is 36.5 Å². The molecule has 1 unspecified atom stereocenters. The van der Waals surface area contributed by atoms with Gasteiger partial charge in [-0.1, -0.05) is 36.5 Å². The number of hydrogen-bond acceptors (Lipinski definition) is 2. The maximum absolute atomic E-state index is 10.7. The average molecular weight is 217 g/mol. The van der Waals surface area contributed by atoms with E-state index in [-0.39, 0.29) is 5.92 Å². The summed E-state index contributed by atoms with van der Waals surface area (Å²) in [4.78, 5) is 10.7.